The van der Waals surface area contributed by atoms with E-state index in [1.165, 1.54) is 0 Å². The Labute approximate surface area is 72.9 Å². The summed E-state index contributed by atoms with van der Waals surface area (Å²) in [4.78, 5) is 0. The topological polar surface area (TPSA) is 9.23 Å². The standard InChI is InChI=1S/C6H6Cl2F2O/c1-2-11-5-3(7)4(8)6(5,9)10/h5H,2H2,1H3. The Bertz CT molecular complexity index is 203. The molecule has 0 heterocycles. The van der Waals surface area contributed by atoms with Gasteiger partial charge in [0.25, 0.3) is 0 Å². The Morgan fingerprint density at radius 1 is 1.55 bits per heavy atom. The van der Waals surface area contributed by atoms with Crippen LogP contribution in [0.5, 0.6) is 0 Å². The van der Waals surface area contributed by atoms with Gasteiger partial charge in [-0.2, -0.15) is 8.78 Å². The lowest BCUT2D eigenvalue weighted by molar-refractivity contribution is -0.106. The quantitative estimate of drug-likeness (QED) is 0.670. The van der Waals surface area contributed by atoms with Gasteiger partial charge in [-0.1, -0.05) is 23.2 Å². The lowest BCUT2D eigenvalue weighted by Gasteiger charge is -2.34. The number of hydrogen-bond donors (Lipinski definition) is 0. The smallest absolute Gasteiger partial charge is 0.315 e. The van der Waals surface area contributed by atoms with Gasteiger partial charge >= 0.3 is 5.92 Å². The molecular weight excluding hydrogens is 197 g/mol. The number of alkyl halides is 2. The van der Waals surface area contributed by atoms with Crippen LogP contribution in [0.1, 0.15) is 6.92 Å². The highest BCUT2D eigenvalue weighted by Gasteiger charge is 2.56. The van der Waals surface area contributed by atoms with Crippen LogP contribution in [0.3, 0.4) is 0 Å². The first-order valence-corrected chi connectivity index (χ1v) is 3.82. The van der Waals surface area contributed by atoms with Crippen molar-refractivity contribution in [3.05, 3.63) is 10.1 Å². The normalized spacial score (nSPS) is 28.6. The molecule has 0 N–H and O–H groups in total. The molecule has 64 valence electrons. The van der Waals surface area contributed by atoms with Crippen LogP contribution in [-0.4, -0.2) is 18.6 Å². The van der Waals surface area contributed by atoms with Gasteiger partial charge in [0.2, 0.25) is 0 Å². The van der Waals surface area contributed by atoms with Crippen LogP contribution in [0.2, 0.25) is 0 Å². The summed E-state index contributed by atoms with van der Waals surface area (Å²) in [7, 11) is 0. The molecule has 0 aromatic rings. The first-order valence-electron chi connectivity index (χ1n) is 3.06. The van der Waals surface area contributed by atoms with Gasteiger partial charge in [-0.15, -0.1) is 0 Å². The third-order valence-electron chi connectivity index (χ3n) is 1.40. The molecule has 0 spiro atoms. The van der Waals surface area contributed by atoms with E-state index >= 15 is 0 Å². The highest BCUT2D eigenvalue weighted by molar-refractivity contribution is 6.42. The molecule has 1 rings (SSSR count). The molecule has 0 radical (unpaired) electrons. The van der Waals surface area contributed by atoms with E-state index in [0.29, 0.717) is 0 Å². The fraction of sp³-hybridized carbons (Fsp3) is 0.667. The van der Waals surface area contributed by atoms with Crippen LogP contribution in [0.25, 0.3) is 0 Å². The summed E-state index contributed by atoms with van der Waals surface area (Å²) < 4.78 is 29.9. The van der Waals surface area contributed by atoms with E-state index in [4.69, 9.17) is 23.2 Å². The summed E-state index contributed by atoms with van der Waals surface area (Å²) in [5, 5.41) is -0.684. The Hall–Kier alpha value is 0.140. The summed E-state index contributed by atoms with van der Waals surface area (Å²) in [6.07, 6.45) is -1.33. The molecule has 1 unspecified atom stereocenters. The monoisotopic (exact) mass is 202 g/mol. The summed E-state index contributed by atoms with van der Waals surface area (Å²) in [6.45, 7) is 1.81. The van der Waals surface area contributed by atoms with Crippen molar-refractivity contribution in [2.24, 2.45) is 0 Å². The molecule has 0 fully saturated rings. The van der Waals surface area contributed by atoms with Gasteiger partial charge < -0.3 is 4.74 Å². The SMILES string of the molecule is CCOC1C(Cl)=C(Cl)C1(F)F. The van der Waals surface area contributed by atoms with Crippen LogP contribution in [0, 0.1) is 0 Å². The Morgan fingerprint density at radius 3 is 2.45 bits per heavy atom. The second kappa shape index (κ2) is 2.88. The molecule has 0 aromatic carbocycles. The molecule has 0 saturated heterocycles. The molecule has 5 heteroatoms. The minimum Gasteiger partial charge on any atom is -0.366 e. The van der Waals surface area contributed by atoms with E-state index in [9.17, 15) is 8.78 Å². The maximum atomic E-state index is 12.6. The van der Waals surface area contributed by atoms with Gasteiger partial charge in [0, 0.05) is 6.61 Å². The third-order valence-corrected chi connectivity index (χ3v) is 2.33. The van der Waals surface area contributed by atoms with Crippen molar-refractivity contribution in [1.29, 1.82) is 0 Å². The summed E-state index contributed by atoms with van der Waals surface area (Å²) in [5.41, 5.74) is 0. The van der Waals surface area contributed by atoms with Gasteiger partial charge in [0.1, 0.15) is 5.03 Å². The zero-order valence-electron chi connectivity index (χ0n) is 5.70. The van der Waals surface area contributed by atoms with Crippen LogP contribution in [0.4, 0.5) is 8.78 Å². The molecule has 11 heavy (non-hydrogen) atoms. The van der Waals surface area contributed by atoms with Crippen molar-refractivity contribution in [3.63, 3.8) is 0 Å². The van der Waals surface area contributed by atoms with Crippen LogP contribution in [0.15, 0.2) is 10.1 Å². The second-order valence-electron chi connectivity index (χ2n) is 2.12. The largest absolute Gasteiger partial charge is 0.366 e. The minimum absolute atomic E-state index is 0.0847. The van der Waals surface area contributed by atoms with Crippen molar-refractivity contribution >= 4 is 23.2 Å². The van der Waals surface area contributed by atoms with Crippen molar-refractivity contribution in [3.8, 4) is 0 Å². The summed E-state index contributed by atoms with van der Waals surface area (Å²) >= 11 is 10.5. The lowest BCUT2D eigenvalue weighted by Crippen LogP contribution is -2.45. The maximum Gasteiger partial charge on any atom is 0.315 e. The first-order chi connectivity index (χ1) is 5.01. The predicted molar refractivity (Wildman–Crippen MR) is 39.1 cm³/mol. The second-order valence-corrected chi connectivity index (χ2v) is 2.91. The van der Waals surface area contributed by atoms with E-state index in [2.05, 4.69) is 4.74 Å². The zero-order valence-corrected chi connectivity index (χ0v) is 7.22. The lowest BCUT2D eigenvalue weighted by atomic mass is 10.0. The van der Waals surface area contributed by atoms with Crippen molar-refractivity contribution in [1.82, 2.24) is 0 Å². The number of hydrogen-bond acceptors (Lipinski definition) is 1. The fourth-order valence-electron chi connectivity index (χ4n) is 0.815. The highest BCUT2D eigenvalue weighted by Crippen LogP contribution is 2.49. The van der Waals surface area contributed by atoms with E-state index < -0.39 is 17.1 Å². The molecule has 0 amide bonds. The Morgan fingerprint density at radius 2 is 2.09 bits per heavy atom. The van der Waals surface area contributed by atoms with Crippen LogP contribution < -0.4 is 0 Å². The van der Waals surface area contributed by atoms with Crippen LogP contribution in [-0.2, 0) is 4.74 Å². The Balaban J connectivity index is 2.73. The molecule has 1 aliphatic carbocycles. The molecule has 1 atom stereocenters. The maximum absolute atomic E-state index is 12.6. The molecule has 1 nitrogen and oxygen atoms in total. The van der Waals surface area contributed by atoms with Crippen molar-refractivity contribution in [2.75, 3.05) is 6.61 Å². The number of ether oxygens (including phenoxy) is 1. The van der Waals surface area contributed by atoms with Crippen LogP contribution >= 0.6 is 23.2 Å². The minimum atomic E-state index is -3.09. The van der Waals surface area contributed by atoms with Crippen molar-refractivity contribution < 1.29 is 13.5 Å². The van der Waals surface area contributed by atoms with Crippen molar-refractivity contribution in [2.45, 2.75) is 19.0 Å². The highest BCUT2D eigenvalue weighted by atomic mass is 35.5. The fourth-order valence-corrected chi connectivity index (χ4v) is 1.34. The van der Waals surface area contributed by atoms with E-state index in [1.54, 1.807) is 6.92 Å². The van der Waals surface area contributed by atoms with E-state index in [1.807, 2.05) is 0 Å². The zero-order chi connectivity index (χ0) is 8.65. The predicted octanol–water partition coefficient (Wildman–Crippen LogP) is 2.73. The van der Waals surface area contributed by atoms with Gasteiger partial charge in [-0.25, -0.2) is 0 Å². The third kappa shape index (κ3) is 1.25. The number of halogens is 4. The molecule has 0 bridgehead atoms. The first kappa shape index (κ1) is 9.23. The van der Waals surface area contributed by atoms with Gasteiger partial charge in [-0.05, 0) is 6.92 Å². The van der Waals surface area contributed by atoms with E-state index in [-0.39, 0.29) is 11.6 Å². The number of rotatable bonds is 2. The summed E-state index contributed by atoms with van der Waals surface area (Å²) in [5.74, 6) is -3.09. The Kier molecular flexibility index (Phi) is 2.42. The summed E-state index contributed by atoms with van der Waals surface area (Å²) in [6, 6.07) is 0. The molecular formula is C6H6Cl2F2O. The molecule has 1 aliphatic rings. The average molecular weight is 203 g/mol. The molecule has 0 aromatic heterocycles. The van der Waals surface area contributed by atoms with Gasteiger partial charge in [0.15, 0.2) is 6.10 Å². The van der Waals surface area contributed by atoms with Gasteiger partial charge in [0.05, 0.1) is 5.03 Å². The average Bonchev–Trinajstić information content (AvgIpc) is 1.98. The van der Waals surface area contributed by atoms with E-state index in [0.717, 1.165) is 0 Å². The molecule has 0 saturated carbocycles. The van der Waals surface area contributed by atoms with Gasteiger partial charge in [-0.3, -0.25) is 0 Å². The molecule has 0 aliphatic heterocycles.